The highest BCUT2D eigenvalue weighted by atomic mass is 79.9. The zero-order valence-electron chi connectivity index (χ0n) is 8.03. The van der Waals surface area contributed by atoms with Gasteiger partial charge >= 0.3 is 0 Å². The third-order valence-electron chi connectivity index (χ3n) is 2.66. The van der Waals surface area contributed by atoms with Gasteiger partial charge in [0.15, 0.2) is 0 Å². The molecule has 0 amide bonds. The molecule has 1 aromatic carbocycles. The van der Waals surface area contributed by atoms with Gasteiger partial charge in [0.2, 0.25) is 0 Å². The van der Waals surface area contributed by atoms with Gasteiger partial charge < -0.3 is 0 Å². The molecule has 0 unspecified atom stereocenters. The molecule has 2 heteroatoms. The van der Waals surface area contributed by atoms with Crippen LogP contribution in [-0.2, 0) is 6.42 Å². The summed E-state index contributed by atoms with van der Waals surface area (Å²) in [4.78, 5) is 1.37. The molecule has 0 radical (unpaired) electrons. The minimum absolute atomic E-state index is 1.07. The van der Waals surface area contributed by atoms with E-state index in [1.807, 2.05) is 0 Å². The van der Waals surface area contributed by atoms with Crippen molar-refractivity contribution in [2.75, 3.05) is 0 Å². The summed E-state index contributed by atoms with van der Waals surface area (Å²) in [5, 5.41) is 0. The Morgan fingerprint density at radius 1 is 1.07 bits per heavy atom. The van der Waals surface area contributed by atoms with E-state index in [-0.39, 0.29) is 0 Å². The molecule has 0 aliphatic heterocycles. The maximum absolute atomic E-state index is 3.51. The van der Waals surface area contributed by atoms with E-state index in [1.165, 1.54) is 25.4 Å². The standard InChI is InChI=1S/C13H9BrS/c14-13-6-5-12(15-13)11-7-9-3-1-2-4-10(9)8-11/h1-7H,8H2. The SMILES string of the molecule is Brc1ccc(C2=Cc3ccccc3C2)s1. The van der Waals surface area contributed by atoms with Gasteiger partial charge in [-0.25, -0.2) is 0 Å². The molecule has 0 spiro atoms. The first-order valence-electron chi connectivity index (χ1n) is 4.87. The van der Waals surface area contributed by atoms with Gasteiger partial charge in [0.05, 0.1) is 3.79 Å². The van der Waals surface area contributed by atoms with Crippen LogP contribution in [0.5, 0.6) is 0 Å². The fourth-order valence-corrected chi connectivity index (χ4v) is 3.32. The Morgan fingerprint density at radius 2 is 1.93 bits per heavy atom. The second kappa shape index (κ2) is 3.62. The van der Waals surface area contributed by atoms with Gasteiger partial charge in [-0.2, -0.15) is 0 Å². The molecule has 74 valence electrons. The highest BCUT2D eigenvalue weighted by Crippen LogP contribution is 2.36. The quantitative estimate of drug-likeness (QED) is 0.714. The summed E-state index contributed by atoms with van der Waals surface area (Å²) in [6.45, 7) is 0. The first-order valence-corrected chi connectivity index (χ1v) is 6.48. The van der Waals surface area contributed by atoms with Crippen LogP contribution >= 0.6 is 27.3 Å². The fraction of sp³-hybridized carbons (Fsp3) is 0.0769. The van der Waals surface area contributed by atoms with Crippen LogP contribution in [0.1, 0.15) is 16.0 Å². The average Bonchev–Trinajstić information content (AvgIpc) is 2.82. The van der Waals surface area contributed by atoms with Gasteiger partial charge in [-0.3, -0.25) is 0 Å². The van der Waals surface area contributed by atoms with Crippen LogP contribution < -0.4 is 0 Å². The Labute approximate surface area is 101 Å². The molecule has 0 bridgehead atoms. The molecule has 15 heavy (non-hydrogen) atoms. The molecule has 3 rings (SSSR count). The largest absolute Gasteiger partial charge is 0.129 e. The number of thiophene rings is 1. The van der Waals surface area contributed by atoms with Crippen LogP contribution in [-0.4, -0.2) is 0 Å². The van der Waals surface area contributed by atoms with E-state index < -0.39 is 0 Å². The Bertz CT molecular complexity index is 537. The Kier molecular flexibility index (Phi) is 2.26. The minimum Gasteiger partial charge on any atom is -0.129 e. The molecule has 0 fully saturated rings. The monoisotopic (exact) mass is 276 g/mol. The van der Waals surface area contributed by atoms with Gasteiger partial charge in [0.1, 0.15) is 0 Å². The van der Waals surface area contributed by atoms with Gasteiger partial charge in [-0.05, 0) is 57.3 Å². The third kappa shape index (κ3) is 1.68. The summed E-state index contributed by atoms with van der Waals surface area (Å²) in [5.41, 5.74) is 4.25. The number of rotatable bonds is 1. The van der Waals surface area contributed by atoms with E-state index in [1.54, 1.807) is 11.3 Å². The molecule has 0 saturated heterocycles. The second-order valence-corrected chi connectivity index (χ2v) is 6.11. The highest BCUT2D eigenvalue weighted by Gasteiger charge is 2.14. The van der Waals surface area contributed by atoms with Crippen molar-refractivity contribution in [2.24, 2.45) is 0 Å². The minimum atomic E-state index is 1.07. The molecule has 1 aliphatic rings. The maximum Gasteiger partial charge on any atom is 0.0704 e. The van der Waals surface area contributed by atoms with Crippen molar-refractivity contribution in [1.29, 1.82) is 0 Å². The van der Waals surface area contributed by atoms with E-state index >= 15 is 0 Å². The molecule has 0 nitrogen and oxygen atoms in total. The predicted molar refractivity (Wildman–Crippen MR) is 70.0 cm³/mol. The van der Waals surface area contributed by atoms with Gasteiger partial charge in [0, 0.05) is 4.88 Å². The smallest absolute Gasteiger partial charge is 0.0704 e. The zero-order valence-corrected chi connectivity index (χ0v) is 10.4. The fourth-order valence-electron chi connectivity index (χ4n) is 1.93. The van der Waals surface area contributed by atoms with Crippen LogP contribution in [0.2, 0.25) is 0 Å². The molecule has 1 aliphatic carbocycles. The normalized spacial score (nSPS) is 13.8. The third-order valence-corrected chi connectivity index (χ3v) is 4.35. The lowest BCUT2D eigenvalue weighted by molar-refractivity contribution is 1.33. The topological polar surface area (TPSA) is 0 Å². The molecule has 1 aromatic heterocycles. The summed E-state index contributed by atoms with van der Waals surface area (Å²) >= 11 is 5.31. The number of fused-ring (bicyclic) bond motifs is 1. The maximum atomic E-state index is 3.51. The van der Waals surface area contributed by atoms with Crippen molar-refractivity contribution in [3.05, 3.63) is 56.2 Å². The Balaban J connectivity index is 2.01. The van der Waals surface area contributed by atoms with Crippen LogP contribution in [0.25, 0.3) is 11.6 Å². The lowest BCUT2D eigenvalue weighted by Crippen LogP contribution is -1.81. The summed E-state index contributed by atoms with van der Waals surface area (Å²) < 4.78 is 1.20. The lowest BCUT2D eigenvalue weighted by atomic mass is 10.1. The average molecular weight is 277 g/mol. The summed E-state index contributed by atoms with van der Waals surface area (Å²) in [6, 6.07) is 12.9. The number of halogens is 1. The molecule has 0 atom stereocenters. The molecular weight excluding hydrogens is 268 g/mol. The van der Waals surface area contributed by atoms with Gasteiger partial charge in [-0.1, -0.05) is 24.3 Å². The van der Waals surface area contributed by atoms with Crippen molar-refractivity contribution < 1.29 is 0 Å². The second-order valence-electron chi connectivity index (χ2n) is 3.65. The van der Waals surface area contributed by atoms with Crippen molar-refractivity contribution >= 4 is 38.9 Å². The Hall–Kier alpha value is -0.860. The van der Waals surface area contributed by atoms with Crippen molar-refractivity contribution in [2.45, 2.75) is 6.42 Å². The molecule has 0 saturated carbocycles. The summed E-state index contributed by atoms with van der Waals surface area (Å²) in [5.74, 6) is 0. The molecule has 0 N–H and O–H groups in total. The predicted octanol–water partition coefficient (Wildman–Crippen LogP) is 4.61. The van der Waals surface area contributed by atoms with Gasteiger partial charge in [0.25, 0.3) is 0 Å². The van der Waals surface area contributed by atoms with Crippen molar-refractivity contribution in [1.82, 2.24) is 0 Å². The van der Waals surface area contributed by atoms with E-state index in [2.05, 4.69) is 58.4 Å². The first kappa shape index (κ1) is 9.37. The summed E-state index contributed by atoms with van der Waals surface area (Å²) in [6.07, 6.45) is 3.37. The Morgan fingerprint density at radius 3 is 2.67 bits per heavy atom. The van der Waals surface area contributed by atoms with Crippen molar-refractivity contribution in [3.8, 4) is 0 Å². The van der Waals surface area contributed by atoms with Crippen molar-refractivity contribution in [3.63, 3.8) is 0 Å². The molecular formula is C13H9BrS. The van der Waals surface area contributed by atoms with E-state index in [0.717, 1.165) is 6.42 Å². The summed E-state index contributed by atoms with van der Waals surface area (Å²) in [7, 11) is 0. The van der Waals surface area contributed by atoms with Gasteiger partial charge in [-0.15, -0.1) is 11.3 Å². The van der Waals surface area contributed by atoms with Crippen LogP contribution in [0.3, 0.4) is 0 Å². The van der Waals surface area contributed by atoms with E-state index in [0.29, 0.717) is 0 Å². The molecule has 2 aromatic rings. The first-order chi connectivity index (χ1) is 7.33. The van der Waals surface area contributed by atoms with Crippen LogP contribution in [0, 0.1) is 0 Å². The number of hydrogen-bond acceptors (Lipinski definition) is 1. The number of benzene rings is 1. The molecule has 1 heterocycles. The van der Waals surface area contributed by atoms with Crippen LogP contribution in [0.15, 0.2) is 40.2 Å². The number of allylic oxidation sites excluding steroid dienone is 1. The van der Waals surface area contributed by atoms with E-state index in [4.69, 9.17) is 0 Å². The zero-order chi connectivity index (χ0) is 10.3. The van der Waals surface area contributed by atoms with E-state index in [9.17, 15) is 0 Å². The highest BCUT2D eigenvalue weighted by molar-refractivity contribution is 9.11. The van der Waals surface area contributed by atoms with Crippen LogP contribution in [0.4, 0.5) is 0 Å². The lowest BCUT2D eigenvalue weighted by Gasteiger charge is -1.97. The number of hydrogen-bond donors (Lipinski definition) is 0.